The van der Waals surface area contributed by atoms with Gasteiger partial charge in [-0.3, -0.25) is 4.90 Å². The Morgan fingerprint density at radius 1 is 1.07 bits per heavy atom. The standard InChI is InChI=1S/C10H22N2O3/c13-8-3-11-1-4-12(5-2-11,6-9-14)7-10-15/h13-14H,1-10H2. The lowest BCUT2D eigenvalue weighted by Crippen LogP contribution is -2.62. The second-order valence-corrected chi connectivity index (χ2v) is 4.23. The van der Waals surface area contributed by atoms with Crippen LogP contribution in [0.15, 0.2) is 0 Å². The highest BCUT2D eigenvalue weighted by molar-refractivity contribution is 4.63. The van der Waals surface area contributed by atoms with Crippen LogP contribution < -0.4 is 5.11 Å². The summed E-state index contributed by atoms with van der Waals surface area (Å²) < 4.78 is 0.752. The molecular weight excluding hydrogens is 196 g/mol. The maximum absolute atomic E-state index is 10.7. The molecule has 1 rings (SSSR count). The Morgan fingerprint density at radius 2 is 1.73 bits per heavy atom. The maximum Gasteiger partial charge on any atom is 0.102 e. The molecule has 0 atom stereocenters. The number of hydrogen-bond acceptors (Lipinski definition) is 4. The minimum Gasteiger partial charge on any atom is -0.850 e. The van der Waals surface area contributed by atoms with E-state index in [0.29, 0.717) is 13.1 Å². The van der Waals surface area contributed by atoms with Gasteiger partial charge in [-0.15, -0.1) is 0 Å². The number of aliphatic hydroxyl groups excluding tert-OH is 2. The molecule has 0 unspecified atom stereocenters. The van der Waals surface area contributed by atoms with Crippen LogP contribution >= 0.6 is 0 Å². The Bertz CT molecular complexity index is 162. The van der Waals surface area contributed by atoms with Crippen LogP contribution in [0.25, 0.3) is 0 Å². The second-order valence-electron chi connectivity index (χ2n) is 4.23. The molecule has 90 valence electrons. The van der Waals surface area contributed by atoms with Gasteiger partial charge in [-0.1, -0.05) is 6.61 Å². The first-order valence-electron chi connectivity index (χ1n) is 5.63. The zero-order valence-electron chi connectivity index (χ0n) is 9.27. The van der Waals surface area contributed by atoms with E-state index in [-0.39, 0.29) is 19.8 Å². The van der Waals surface area contributed by atoms with Gasteiger partial charge in [0, 0.05) is 19.6 Å². The summed E-state index contributed by atoms with van der Waals surface area (Å²) in [6.07, 6.45) is 0. The van der Waals surface area contributed by atoms with Gasteiger partial charge in [-0.05, 0) is 0 Å². The van der Waals surface area contributed by atoms with Gasteiger partial charge in [0.15, 0.2) is 0 Å². The van der Waals surface area contributed by atoms with E-state index in [2.05, 4.69) is 4.90 Å². The summed E-state index contributed by atoms with van der Waals surface area (Å²) in [5, 5.41) is 28.6. The summed E-state index contributed by atoms with van der Waals surface area (Å²) in [4.78, 5) is 2.21. The van der Waals surface area contributed by atoms with Gasteiger partial charge < -0.3 is 19.8 Å². The van der Waals surface area contributed by atoms with E-state index < -0.39 is 0 Å². The molecule has 0 amide bonds. The Morgan fingerprint density at radius 3 is 2.20 bits per heavy atom. The molecular formula is C10H22N2O3. The average Bonchev–Trinajstić information content (AvgIpc) is 2.23. The fourth-order valence-corrected chi connectivity index (χ4v) is 2.26. The molecule has 15 heavy (non-hydrogen) atoms. The molecule has 0 aromatic rings. The number of piperazine rings is 1. The van der Waals surface area contributed by atoms with E-state index in [1.165, 1.54) is 0 Å². The van der Waals surface area contributed by atoms with Crippen molar-refractivity contribution in [2.75, 3.05) is 65.6 Å². The Labute approximate surface area is 91.1 Å². The zero-order chi connectivity index (χ0) is 11.1. The molecule has 0 bridgehead atoms. The molecule has 1 saturated heterocycles. The van der Waals surface area contributed by atoms with Gasteiger partial charge in [-0.2, -0.15) is 0 Å². The molecule has 1 heterocycles. The highest BCUT2D eigenvalue weighted by Gasteiger charge is 2.30. The smallest absolute Gasteiger partial charge is 0.102 e. The van der Waals surface area contributed by atoms with E-state index in [9.17, 15) is 5.11 Å². The van der Waals surface area contributed by atoms with E-state index in [4.69, 9.17) is 10.2 Å². The Kier molecular flexibility index (Phi) is 5.49. The molecule has 0 radical (unpaired) electrons. The van der Waals surface area contributed by atoms with Crippen molar-refractivity contribution >= 4 is 0 Å². The summed E-state index contributed by atoms with van der Waals surface area (Å²) in [5.74, 6) is 0. The van der Waals surface area contributed by atoms with Gasteiger partial charge in [0.25, 0.3) is 0 Å². The largest absolute Gasteiger partial charge is 0.850 e. The van der Waals surface area contributed by atoms with Crippen LogP contribution in [0.3, 0.4) is 0 Å². The summed E-state index contributed by atoms with van der Waals surface area (Å²) in [6, 6.07) is 0. The summed E-state index contributed by atoms with van der Waals surface area (Å²) in [7, 11) is 0. The van der Waals surface area contributed by atoms with Gasteiger partial charge >= 0.3 is 0 Å². The predicted molar refractivity (Wildman–Crippen MR) is 55.2 cm³/mol. The van der Waals surface area contributed by atoms with Crippen LogP contribution in [0.1, 0.15) is 0 Å². The number of aliphatic hydroxyl groups is 2. The normalized spacial score (nSPS) is 21.8. The predicted octanol–water partition coefficient (Wildman–Crippen LogP) is -2.54. The summed E-state index contributed by atoms with van der Waals surface area (Å²) >= 11 is 0. The molecule has 1 aliphatic heterocycles. The molecule has 1 aliphatic rings. The molecule has 0 saturated carbocycles. The minimum atomic E-state index is -0.0694. The van der Waals surface area contributed by atoms with Gasteiger partial charge in [0.2, 0.25) is 0 Å². The maximum atomic E-state index is 10.7. The molecule has 0 aromatic carbocycles. The Hall–Kier alpha value is -0.200. The van der Waals surface area contributed by atoms with Crippen molar-refractivity contribution in [1.82, 2.24) is 4.90 Å². The van der Waals surface area contributed by atoms with Crippen molar-refractivity contribution in [3.8, 4) is 0 Å². The summed E-state index contributed by atoms with van der Waals surface area (Å²) in [5.41, 5.74) is 0. The lowest BCUT2D eigenvalue weighted by Gasteiger charge is -2.45. The monoisotopic (exact) mass is 218 g/mol. The lowest BCUT2D eigenvalue weighted by molar-refractivity contribution is -0.936. The molecule has 2 N–H and O–H groups in total. The number of hydrogen-bond donors (Lipinski definition) is 2. The van der Waals surface area contributed by atoms with Crippen molar-refractivity contribution in [1.29, 1.82) is 0 Å². The van der Waals surface area contributed by atoms with Crippen molar-refractivity contribution in [3.63, 3.8) is 0 Å². The third-order valence-corrected chi connectivity index (χ3v) is 3.34. The SMILES string of the molecule is [O-]CC[N+]1(CCO)CCN(CCO)CC1. The van der Waals surface area contributed by atoms with Gasteiger partial charge in [0.05, 0.1) is 32.8 Å². The zero-order valence-corrected chi connectivity index (χ0v) is 9.27. The fraction of sp³-hybridized carbons (Fsp3) is 1.00. The molecule has 0 aliphatic carbocycles. The van der Waals surface area contributed by atoms with E-state index in [1.54, 1.807) is 0 Å². The molecule has 1 fully saturated rings. The first-order chi connectivity index (χ1) is 7.26. The quantitative estimate of drug-likeness (QED) is 0.482. The van der Waals surface area contributed by atoms with Crippen LogP contribution in [-0.4, -0.2) is 85.2 Å². The fourth-order valence-electron chi connectivity index (χ4n) is 2.26. The highest BCUT2D eigenvalue weighted by atomic mass is 16.3. The van der Waals surface area contributed by atoms with Crippen LogP contribution in [-0.2, 0) is 0 Å². The Balaban J connectivity index is 2.41. The van der Waals surface area contributed by atoms with Crippen LogP contribution in [0.2, 0.25) is 0 Å². The number of β-amino-alcohol motifs (C(OH)–C–C–N with tert-alkyl or cyclic N) is 1. The first-order valence-corrected chi connectivity index (χ1v) is 5.63. The van der Waals surface area contributed by atoms with Crippen molar-refractivity contribution in [3.05, 3.63) is 0 Å². The summed E-state index contributed by atoms with van der Waals surface area (Å²) in [6.45, 7) is 5.98. The lowest BCUT2D eigenvalue weighted by atomic mass is 10.2. The van der Waals surface area contributed by atoms with E-state index in [0.717, 1.165) is 37.2 Å². The number of quaternary nitrogens is 1. The second kappa shape index (κ2) is 6.40. The molecule has 5 nitrogen and oxygen atoms in total. The topological polar surface area (TPSA) is 66.8 Å². The average molecular weight is 218 g/mol. The van der Waals surface area contributed by atoms with Crippen molar-refractivity contribution in [2.24, 2.45) is 0 Å². The van der Waals surface area contributed by atoms with Crippen LogP contribution in [0.4, 0.5) is 0 Å². The van der Waals surface area contributed by atoms with Crippen molar-refractivity contribution < 1.29 is 19.8 Å². The van der Waals surface area contributed by atoms with Gasteiger partial charge in [-0.25, -0.2) is 0 Å². The van der Waals surface area contributed by atoms with Crippen LogP contribution in [0.5, 0.6) is 0 Å². The number of rotatable bonds is 6. The highest BCUT2D eigenvalue weighted by Crippen LogP contribution is 2.11. The third kappa shape index (κ3) is 3.70. The molecule has 0 aromatic heterocycles. The number of nitrogens with zero attached hydrogens (tertiary/aromatic N) is 2. The first kappa shape index (κ1) is 12.9. The minimum absolute atomic E-state index is 0.0694. The van der Waals surface area contributed by atoms with Crippen molar-refractivity contribution in [2.45, 2.75) is 0 Å². The van der Waals surface area contributed by atoms with Gasteiger partial charge in [0.1, 0.15) is 6.54 Å². The third-order valence-electron chi connectivity index (χ3n) is 3.34. The van der Waals surface area contributed by atoms with E-state index >= 15 is 0 Å². The molecule has 0 spiro atoms. The van der Waals surface area contributed by atoms with Crippen LogP contribution in [0, 0.1) is 0 Å². The molecule has 5 heteroatoms. The van der Waals surface area contributed by atoms with E-state index in [1.807, 2.05) is 0 Å².